The SMILES string of the molecule is CC1(Cc2ccc3c(c2)OCO3)CN(C(c2ccc(F)cc2)c2ccc(F)cc2)CCN1. The number of nitrogens with zero attached hydrogens (tertiary/aromatic N) is 1. The van der Waals surface area contributed by atoms with Gasteiger partial charge >= 0.3 is 0 Å². The molecular weight excluding hydrogens is 410 g/mol. The highest BCUT2D eigenvalue weighted by Crippen LogP contribution is 2.35. The summed E-state index contributed by atoms with van der Waals surface area (Å²) in [5.41, 5.74) is 2.98. The minimum absolute atomic E-state index is 0.0885. The first kappa shape index (κ1) is 20.9. The molecule has 5 rings (SSSR count). The van der Waals surface area contributed by atoms with Crippen LogP contribution in [0.2, 0.25) is 0 Å². The lowest BCUT2D eigenvalue weighted by molar-refractivity contribution is 0.115. The molecule has 1 N–H and O–H groups in total. The van der Waals surface area contributed by atoms with Gasteiger partial charge in [-0.3, -0.25) is 4.90 Å². The molecule has 0 spiro atoms. The first-order chi connectivity index (χ1) is 15.5. The summed E-state index contributed by atoms with van der Waals surface area (Å²) in [4.78, 5) is 2.39. The van der Waals surface area contributed by atoms with Crippen molar-refractivity contribution in [2.24, 2.45) is 0 Å². The molecule has 2 heterocycles. The van der Waals surface area contributed by atoms with Crippen LogP contribution in [0, 0.1) is 11.6 Å². The van der Waals surface area contributed by atoms with Crippen molar-refractivity contribution in [2.75, 3.05) is 26.4 Å². The van der Waals surface area contributed by atoms with Crippen molar-refractivity contribution in [3.63, 3.8) is 0 Å². The van der Waals surface area contributed by atoms with E-state index in [9.17, 15) is 8.78 Å². The molecule has 4 nitrogen and oxygen atoms in total. The Morgan fingerprint density at radius 3 is 2.19 bits per heavy atom. The summed E-state index contributed by atoms with van der Waals surface area (Å²) < 4.78 is 38.2. The van der Waals surface area contributed by atoms with Crippen molar-refractivity contribution >= 4 is 0 Å². The molecule has 1 atom stereocenters. The average Bonchev–Trinajstić information content (AvgIpc) is 3.24. The van der Waals surface area contributed by atoms with Crippen molar-refractivity contribution < 1.29 is 18.3 Å². The van der Waals surface area contributed by atoms with Crippen LogP contribution >= 0.6 is 0 Å². The van der Waals surface area contributed by atoms with E-state index in [-0.39, 0.29) is 30.0 Å². The Labute approximate surface area is 186 Å². The molecule has 3 aromatic rings. The maximum absolute atomic E-state index is 13.6. The van der Waals surface area contributed by atoms with Gasteiger partial charge in [0, 0.05) is 25.2 Å². The Hall–Kier alpha value is -2.96. The van der Waals surface area contributed by atoms with Gasteiger partial charge in [-0.25, -0.2) is 8.78 Å². The molecule has 0 saturated carbocycles. The summed E-state index contributed by atoms with van der Waals surface area (Å²) in [5.74, 6) is 1.04. The Kier molecular flexibility index (Phi) is 5.57. The lowest BCUT2D eigenvalue weighted by atomic mass is 9.87. The van der Waals surface area contributed by atoms with Crippen molar-refractivity contribution in [2.45, 2.75) is 24.9 Å². The van der Waals surface area contributed by atoms with Gasteiger partial charge in [0.2, 0.25) is 6.79 Å². The fourth-order valence-corrected chi connectivity index (χ4v) is 4.83. The van der Waals surface area contributed by atoms with Gasteiger partial charge in [-0.15, -0.1) is 0 Å². The second kappa shape index (κ2) is 8.52. The van der Waals surface area contributed by atoms with Gasteiger partial charge in [-0.05, 0) is 66.4 Å². The minimum atomic E-state index is -0.264. The molecule has 1 unspecified atom stereocenters. The van der Waals surface area contributed by atoms with Gasteiger partial charge in [-0.1, -0.05) is 30.3 Å². The fraction of sp³-hybridized carbons (Fsp3) is 0.308. The van der Waals surface area contributed by atoms with Gasteiger partial charge < -0.3 is 14.8 Å². The lowest BCUT2D eigenvalue weighted by Gasteiger charge is -2.45. The van der Waals surface area contributed by atoms with Crippen LogP contribution < -0.4 is 14.8 Å². The van der Waals surface area contributed by atoms with Crippen LogP contribution in [0.1, 0.15) is 29.7 Å². The first-order valence-electron chi connectivity index (χ1n) is 10.9. The molecule has 166 valence electrons. The van der Waals surface area contributed by atoms with E-state index in [4.69, 9.17) is 9.47 Å². The molecule has 1 saturated heterocycles. The van der Waals surface area contributed by atoms with Crippen LogP contribution in [0.5, 0.6) is 11.5 Å². The third-order valence-corrected chi connectivity index (χ3v) is 6.27. The van der Waals surface area contributed by atoms with Crippen LogP contribution in [0.15, 0.2) is 66.7 Å². The molecule has 0 aliphatic carbocycles. The predicted octanol–water partition coefficient (Wildman–Crippen LogP) is 4.69. The second-order valence-electron chi connectivity index (χ2n) is 8.83. The highest BCUT2D eigenvalue weighted by Gasteiger charge is 2.35. The summed E-state index contributed by atoms with van der Waals surface area (Å²) in [6.07, 6.45) is 0.819. The van der Waals surface area contributed by atoms with Crippen molar-refractivity contribution in [1.82, 2.24) is 10.2 Å². The highest BCUT2D eigenvalue weighted by molar-refractivity contribution is 5.45. The molecule has 32 heavy (non-hydrogen) atoms. The normalized spacial score (nSPS) is 20.6. The van der Waals surface area contributed by atoms with E-state index in [1.165, 1.54) is 29.8 Å². The summed E-state index contributed by atoms with van der Waals surface area (Å²) in [5, 5.41) is 3.68. The quantitative estimate of drug-likeness (QED) is 0.629. The summed E-state index contributed by atoms with van der Waals surface area (Å²) in [7, 11) is 0. The number of nitrogens with one attached hydrogen (secondary N) is 1. The van der Waals surface area contributed by atoms with E-state index in [1.807, 2.05) is 36.4 Å². The zero-order valence-corrected chi connectivity index (χ0v) is 18.0. The number of hydrogen-bond acceptors (Lipinski definition) is 4. The number of halogens is 2. The Balaban J connectivity index is 1.42. The molecular formula is C26H26F2N2O2. The van der Waals surface area contributed by atoms with Crippen molar-refractivity contribution in [3.8, 4) is 11.5 Å². The smallest absolute Gasteiger partial charge is 0.231 e. The molecule has 0 aromatic heterocycles. The van der Waals surface area contributed by atoms with Crippen LogP contribution in [0.25, 0.3) is 0 Å². The molecule has 6 heteroatoms. The van der Waals surface area contributed by atoms with Crippen LogP contribution in [-0.4, -0.2) is 36.9 Å². The van der Waals surface area contributed by atoms with Gasteiger partial charge in [0.15, 0.2) is 11.5 Å². The zero-order valence-electron chi connectivity index (χ0n) is 18.0. The molecule has 0 radical (unpaired) electrons. The maximum atomic E-state index is 13.6. The van der Waals surface area contributed by atoms with E-state index >= 15 is 0 Å². The van der Waals surface area contributed by atoms with E-state index in [0.29, 0.717) is 0 Å². The summed E-state index contributed by atoms with van der Waals surface area (Å²) >= 11 is 0. The van der Waals surface area contributed by atoms with E-state index in [1.54, 1.807) is 0 Å². The minimum Gasteiger partial charge on any atom is -0.454 e. The second-order valence-corrected chi connectivity index (χ2v) is 8.83. The molecule has 2 aliphatic heterocycles. The largest absolute Gasteiger partial charge is 0.454 e. The number of piperazine rings is 1. The molecule has 1 fully saturated rings. The van der Waals surface area contributed by atoms with Gasteiger partial charge in [0.25, 0.3) is 0 Å². The van der Waals surface area contributed by atoms with E-state index < -0.39 is 0 Å². The van der Waals surface area contributed by atoms with Crippen molar-refractivity contribution in [1.29, 1.82) is 0 Å². The summed E-state index contributed by atoms with van der Waals surface area (Å²) in [6.45, 7) is 4.91. The number of fused-ring (bicyclic) bond motifs is 1. The molecule has 3 aromatic carbocycles. The third-order valence-electron chi connectivity index (χ3n) is 6.27. The zero-order chi connectivity index (χ0) is 22.1. The average molecular weight is 437 g/mol. The van der Waals surface area contributed by atoms with Gasteiger partial charge in [-0.2, -0.15) is 0 Å². The Bertz CT molecular complexity index is 1040. The number of rotatable bonds is 5. The Morgan fingerprint density at radius 2 is 1.53 bits per heavy atom. The topological polar surface area (TPSA) is 33.7 Å². The standard InChI is InChI=1S/C26H26F2N2O2/c1-26(15-18-2-11-23-24(14-18)32-17-31-23)16-30(13-12-29-26)25(19-3-7-21(27)8-4-19)20-5-9-22(28)10-6-20/h2-11,14,25,29H,12-13,15-17H2,1H3. The van der Waals surface area contributed by atoms with E-state index in [0.717, 1.165) is 48.7 Å². The van der Waals surface area contributed by atoms with Crippen LogP contribution in [0.3, 0.4) is 0 Å². The third kappa shape index (κ3) is 4.33. The Morgan fingerprint density at radius 1 is 0.906 bits per heavy atom. The van der Waals surface area contributed by atoms with Crippen molar-refractivity contribution in [3.05, 3.63) is 95.1 Å². The monoisotopic (exact) mass is 436 g/mol. The maximum Gasteiger partial charge on any atom is 0.231 e. The van der Waals surface area contributed by atoms with Gasteiger partial charge in [0.05, 0.1) is 6.04 Å². The molecule has 2 aliphatic rings. The number of benzene rings is 3. The first-order valence-corrected chi connectivity index (χ1v) is 10.9. The molecule has 0 amide bonds. The number of hydrogen-bond donors (Lipinski definition) is 1. The predicted molar refractivity (Wildman–Crippen MR) is 119 cm³/mol. The van der Waals surface area contributed by atoms with Crippen LogP contribution in [0.4, 0.5) is 8.78 Å². The number of ether oxygens (including phenoxy) is 2. The van der Waals surface area contributed by atoms with Gasteiger partial charge in [0.1, 0.15) is 11.6 Å². The van der Waals surface area contributed by atoms with Crippen LogP contribution in [-0.2, 0) is 6.42 Å². The highest BCUT2D eigenvalue weighted by atomic mass is 19.1. The fourth-order valence-electron chi connectivity index (χ4n) is 4.83. The lowest BCUT2D eigenvalue weighted by Crippen LogP contribution is -2.60. The summed E-state index contributed by atoms with van der Waals surface area (Å²) in [6, 6.07) is 19.2. The van der Waals surface area contributed by atoms with E-state index in [2.05, 4.69) is 23.2 Å². The molecule has 0 bridgehead atoms.